The monoisotopic (exact) mass is 97.0 g/mol. The summed E-state index contributed by atoms with van der Waals surface area (Å²) in [6, 6.07) is 0. The number of rotatable bonds is 0. The van der Waals surface area contributed by atoms with E-state index in [0.717, 1.165) is 0 Å². The van der Waals surface area contributed by atoms with E-state index >= 15 is 0 Å². The molecule has 3 heteroatoms. The summed E-state index contributed by atoms with van der Waals surface area (Å²) in [5.41, 5.74) is 0. The standard InChI is InChI=1S/C2H5N.ClH.H2O/c1-2-3;;/h2-3H,1H3;1H;1H2. The van der Waals surface area contributed by atoms with E-state index in [0.29, 0.717) is 0 Å². The van der Waals surface area contributed by atoms with Crippen molar-refractivity contribution in [2.45, 2.75) is 6.92 Å². The predicted molar refractivity (Wildman–Crippen MR) is 25.3 cm³/mol. The third kappa shape index (κ3) is 2260. The van der Waals surface area contributed by atoms with E-state index < -0.39 is 0 Å². The van der Waals surface area contributed by atoms with Gasteiger partial charge in [0, 0.05) is 0 Å². The van der Waals surface area contributed by atoms with Crippen LogP contribution in [0.3, 0.4) is 0 Å². The number of hydrogen-bond donors (Lipinski definition) is 1. The van der Waals surface area contributed by atoms with Crippen molar-refractivity contribution in [2.24, 2.45) is 0 Å². The van der Waals surface area contributed by atoms with Crippen molar-refractivity contribution in [3.8, 4) is 0 Å². The van der Waals surface area contributed by atoms with Gasteiger partial charge in [-0.2, -0.15) is 0 Å². The minimum atomic E-state index is 0. The molecule has 0 fully saturated rings. The van der Waals surface area contributed by atoms with E-state index in [1.54, 1.807) is 6.92 Å². The van der Waals surface area contributed by atoms with Crippen LogP contribution in [0.1, 0.15) is 6.92 Å². The summed E-state index contributed by atoms with van der Waals surface area (Å²) in [4.78, 5) is 0. The Morgan fingerprint density at radius 2 is 1.60 bits per heavy atom. The van der Waals surface area contributed by atoms with E-state index in [9.17, 15) is 0 Å². The zero-order valence-electron chi connectivity index (χ0n) is 2.99. The molecule has 2 nitrogen and oxygen atoms in total. The summed E-state index contributed by atoms with van der Waals surface area (Å²) < 4.78 is 0. The topological polar surface area (TPSA) is 55.4 Å². The molecule has 0 atom stereocenters. The lowest BCUT2D eigenvalue weighted by molar-refractivity contribution is 0.824. The van der Waals surface area contributed by atoms with Gasteiger partial charge < -0.3 is 10.9 Å². The fourth-order valence-corrected chi connectivity index (χ4v) is 0. The van der Waals surface area contributed by atoms with Gasteiger partial charge >= 0.3 is 0 Å². The second kappa shape index (κ2) is 39.5. The quantitative estimate of drug-likeness (QED) is 0.422. The van der Waals surface area contributed by atoms with Gasteiger partial charge in [0.2, 0.25) is 0 Å². The molecule has 0 aromatic rings. The Bertz CT molecular complexity index is 17.1. The first-order chi connectivity index (χ1) is 1.41. The highest BCUT2D eigenvalue weighted by atomic mass is 35.5. The van der Waals surface area contributed by atoms with Gasteiger partial charge in [0.15, 0.2) is 0 Å². The van der Waals surface area contributed by atoms with Gasteiger partial charge in [0.1, 0.15) is 0 Å². The molecular formula is C2H8ClNO. The molecule has 0 saturated heterocycles. The molecule has 0 heterocycles. The van der Waals surface area contributed by atoms with Crippen LogP contribution in [0.25, 0.3) is 0 Å². The Balaban J connectivity index is -0.0000000200. The summed E-state index contributed by atoms with van der Waals surface area (Å²) in [5, 5.41) is 6.08. The lowest BCUT2D eigenvalue weighted by Gasteiger charge is -1.30. The van der Waals surface area contributed by atoms with Crippen molar-refractivity contribution in [1.29, 1.82) is 5.41 Å². The van der Waals surface area contributed by atoms with Crippen LogP contribution in [0.15, 0.2) is 0 Å². The van der Waals surface area contributed by atoms with E-state index in [4.69, 9.17) is 5.41 Å². The second-order valence-electron chi connectivity index (χ2n) is 0.289. The molecule has 5 heavy (non-hydrogen) atoms. The van der Waals surface area contributed by atoms with E-state index in [-0.39, 0.29) is 17.9 Å². The molecular weight excluding hydrogens is 89.5 g/mol. The average molecular weight is 97.5 g/mol. The molecule has 0 amide bonds. The molecule has 0 bridgehead atoms. The SMILES string of the molecule is CC=N.Cl.O. The van der Waals surface area contributed by atoms with Crippen molar-refractivity contribution in [2.75, 3.05) is 0 Å². The summed E-state index contributed by atoms with van der Waals surface area (Å²) in [7, 11) is 0. The lowest BCUT2D eigenvalue weighted by Crippen LogP contribution is -1.32. The maximum Gasteiger partial charge on any atom is -0.00788 e. The van der Waals surface area contributed by atoms with Gasteiger partial charge in [0.05, 0.1) is 0 Å². The highest BCUT2D eigenvalue weighted by Crippen LogP contribution is 1.17. The Kier molecular flexibility index (Phi) is 162. The summed E-state index contributed by atoms with van der Waals surface area (Å²) in [5.74, 6) is 0. The predicted octanol–water partition coefficient (Wildman–Crippen LogP) is 0.253. The zero-order chi connectivity index (χ0) is 2.71. The molecule has 0 aliphatic heterocycles. The molecule has 0 radical (unpaired) electrons. The second-order valence-corrected chi connectivity index (χ2v) is 0.289. The minimum absolute atomic E-state index is 0. The average Bonchev–Trinajstić information content (AvgIpc) is 0.918. The van der Waals surface area contributed by atoms with Crippen LogP contribution >= 0.6 is 12.4 Å². The van der Waals surface area contributed by atoms with Gasteiger partial charge in [0.25, 0.3) is 0 Å². The molecule has 0 saturated carbocycles. The van der Waals surface area contributed by atoms with Crippen LogP contribution in [-0.2, 0) is 0 Å². The Labute approximate surface area is 37.4 Å². The molecule has 0 aliphatic rings. The third-order valence-electron chi connectivity index (χ3n) is 0. The molecule has 34 valence electrons. The Morgan fingerprint density at radius 1 is 1.60 bits per heavy atom. The first-order valence-electron chi connectivity index (χ1n) is 0.866. The van der Waals surface area contributed by atoms with Crippen molar-refractivity contribution < 1.29 is 5.48 Å². The molecule has 3 N–H and O–H groups in total. The highest BCUT2D eigenvalue weighted by Gasteiger charge is 1.17. The van der Waals surface area contributed by atoms with Crippen molar-refractivity contribution >= 4 is 18.6 Å². The van der Waals surface area contributed by atoms with Crippen molar-refractivity contribution in [3.05, 3.63) is 0 Å². The van der Waals surface area contributed by atoms with Gasteiger partial charge in [-0.3, -0.25) is 0 Å². The zero-order valence-corrected chi connectivity index (χ0v) is 3.80. The Morgan fingerprint density at radius 3 is 1.60 bits per heavy atom. The molecule has 0 aliphatic carbocycles. The summed E-state index contributed by atoms with van der Waals surface area (Å²) >= 11 is 0. The van der Waals surface area contributed by atoms with Gasteiger partial charge in [-0.25, -0.2) is 0 Å². The number of hydrogen-bond acceptors (Lipinski definition) is 1. The number of halogens is 1. The van der Waals surface area contributed by atoms with Crippen LogP contribution in [0, 0.1) is 5.41 Å². The normalized spacial score (nSPS) is 2.60. The van der Waals surface area contributed by atoms with E-state index in [1.807, 2.05) is 0 Å². The first kappa shape index (κ1) is 20.5. The fraction of sp³-hybridized carbons (Fsp3) is 0.500. The van der Waals surface area contributed by atoms with Crippen molar-refractivity contribution in [1.82, 2.24) is 0 Å². The largest absolute Gasteiger partial charge is 0.412 e. The molecule has 0 aromatic carbocycles. The van der Waals surface area contributed by atoms with Crippen LogP contribution in [-0.4, -0.2) is 11.7 Å². The van der Waals surface area contributed by atoms with Crippen LogP contribution in [0.4, 0.5) is 0 Å². The maximum absolute atomic E-state index is 6.08. The third-order valence-corrected chi connectivity index (χ3v) is 0. The minimum Gasteiger partial charge on any atom is -0.412 e. The molecule has 0 unspecified atom stereocenters. The van der Waals surface area contributed by atoms with Crippen LogP contribution < -0.4 is 0 Å². The smallest absolute Gasteiger partial charge is 0.00788 e. The van der Waals surface area contributed by atoms with Crippen LogP contribution in [0.2, 0.25) is 0 Å². The number of nitrogens with one attached hydrogen (secondary N) is 1. The lowest BCUT2D eigenvalue weighted by atomic mass is 10.9. The van der Waals surface area contributed by atoms with E-state index in [2.05, 4.69) is 0 Å². The molecule has 0 rings (SSSR count). The van der Waals surface area contributed by atoms with Gasteiger partial charge in [-0.15, -0.1) is 12.4 Å². The maximum atomic E-state index is 6.08. The van der Waals surface area contributed by atoms with Crippen molar-refractivity contribution in [3.63, 3.8) is 0 Å². The molecule has 0 spiro atoms. The highest BCUT2D eigenvalue weighted by molar-refractivity contribution is 5.85. The van der Waals surface area contributed by atoms with Crippen LogP contribution in [0.5, 0.6) is 0 Å². The summed E-state index contributed by atoms with van der Waals surface area (Å²) in [6.45, 7) is 1.67. The first-order valence-corrected chi connectivity index (χ1v) is 0.866. The summed E-state index contributed by atoms with van der Waals surface area (Å²) in [6.07, 6.45) is 1.25. The van der Waals surface area contributed by atoms with Gasteiger partial charge in [-0.05, 0) is 13.1 Å². The Hall–Kier alpha value is -0.0800. The molecule has 0 aromatic heterocycles. The van der Waals surface area contributed by atoms with E-state index in [1.165, 1.54) is 6.21 Å². The fourth-order valence-electron chi connectivity index (χ4n) is 0. The van der Waals surface area contributed by atoms with Gasteiger partial charge in [-0.1, -0.05) is 0 Å².